The predicted molar refractivity (Wildman–Crippen MR) is 68.7 cm³/mol. The summed E-state index contributed by atoms with van der Waals surface area (Å²) >= 11 is 0. The second kappa shape index (κ2) is 4.96. The van der Waals surface area contributed by atoms with Crippen LogP contribution < -0.4 is 10.1 Å². The molecule has 1 aromatic carbocycles. The van der Waals surface area contributed by atoms with E-state index in [-0.39, 0.29) is 11.9 Å². The van der Waals surface area contributed by atoms with E-state index in [1.807, 2.05) is 6.07 Å². The minimum Gasteiger partial charge on any atom is -0.487 e. The minimum absolute atomic E-state index is 0.187. The second-order valence-electron chi connectivity index (χ2n) is 4.83. The average Bonchev–Trinajstić information content (AvgIpc) is 3.04. The number of amidine groups is 1. The van der Waals surface area contributed by atoms with Crippen LogP contribution in [0.3, 0.4) is 0 Å². The van der Waals surface area contributed by atoms with Gasteiger partial charge in [0.1, 0.15) is 5.84 Å². The lowest BCUT2D eigenvalue weighted by Crippen LogP contribution is -2.19. The number of hydrogen-bond acceptors (Lipinski definition) is 3. The van der Waals surface area contributed by atoms with Crippen molar-refractivity contribution < 1.29 is 9.13 Å². The van der Waals surface area contributed by atoms with Crippen LogP contribution in [-0.2, 0) is 0 Å². The zero-order valence-corrected chi connectivity index (χ0v) is 10.3. The Balaban J connectivity index is 1.75. The molecule has 1 saturated carbocycles. The number of rotatable bonds is 3. The Hall–Kier alpha value is -1.58. The third-order valence-corrected chi connectivity index (χ3v) is 3.48. The van der Waals surface area contributed by atoms with Gasteiger partial charge in [-0.2, -0.15) is 0 Å². The van der Waals surface area contributed by atoms with Crippen molar-refractivity contribution in [1.82, 2.24) is 5.32 Å². The minimum atomic E-state index is -0.296. The summed E-state index contributed by atoms with van der Waals surface area (Å²) < 4.78 is 19.6. The maximum absolute atomic E-state index is 13.9. The number of halogens is 1. The average molecular weight is 248 g/mol. The third-order valence-electron chi connectivity index (χ3n) is 3.48. The molecule has 3 nitrogen and oxygen atoms in total. The molecule has 4 heteroatoms. The highest BCUT2D eigenvalue weighted by Crippen LogP contribution is 2.26. The first-order valence-corrected chi connectivity index (χ1v) is 6.58. The lowest BCUT2D eigenvalue weighted by molar-refractivity contribution is 0.200. The highest BCUT2D eigenvalue weighted by atomic mass is 19.1. The van der Waals surface area contributed by atoms with E-state index in [0.29, 0.717) is 5.75 Å². The van der Waals surface area contributed by atoms with Gasteiger partial charge in [0.15, 0.2) is 11.6 Å². The number of benzene rings is 1. The molecule has 0 atom stereocenters. The van der Waals surface area contributed by atoms with E-state index >= 15 is 0 Å². The lowest BCUT2D eigenvalue weighted by atomic mass is 10.2. The monoisotopic (exact) mass is 248 g/mol. The molecule has 1 aliphatic carbocycles. The van der Waals surface area contributed by atoms with Gasteiger partial charge in [-0.25, -0.2) is 4.39 Å². The fourth-order valence-electron chi connectivity index (χ4n) is 2.52. The highest BCUT2D eigenvalue weighted by Gasteiger charge is 2.19. The van der Waals surface area contributed by atoms with Gasteiger partial charge in [0.25, 0.3) is 0 Å². The van der Waals surface area contributed by atoms with Crippen LogP contribution in [0.25, 0.3) is 0 Å². The second-order valence-corrected chi connectivity index (χ2v) is 4.83. The molecule has 0 unspecified atom stereocenters. The van der Waals surface area contributed by atoms with Gasteiger partial charge in [0.2, 0.25) is 0 Å². The SMILES string of the molecule is Fc1cc(C2=NCCN2)ccc1OC1CCCC1. The molecule has 1 aliphatic heterocycles. The predicted octanol–water partition coefficient (Wildman–Crippen LogP) is 2.50. The molecule has 1 N–H and O–H groups in total. The Kier molecular flexibility index (Phi) is 3.17. The number of ether oxygens (including phenoxy) is 1. The molecular weight excluding hydrogens is 231 g/mol. The van der Waals surface area contributed by atoms with E-state index < -0.39 is 0 Å². The molecule has 0 aromatic heterocycles. The Morgan fingerprint density at radius 1 is 1.28 bits per heavy atom. The molecule has 0 bridgehead atoms. The molecule has 1 heterocycles. The molecule has 0 spiro atoms. The zero-order valence-electron chi connectivity index (χ0n) is 10.3. The Labute approximate surface area is 106 Å². The Morgan fingerprint density at radius 3 is 2.78 bits per heavy atom. The standard InChI is InChI=1S/C14H17FN2O/c15-12-9-10(14-16-7-8-17-14)5-6-13(12)18-11-3-1-2-4-11/h5-6,9,11H,1-4,7-8H2,(H,16,17). The number of aliphatic imine (C=N–C) groups is 1. The van der Waals surface area contributed by atoms with E-state index in [1.54, 1.807) is 6.07 Å². The molecule has 0 saturated heterocycles. The van der Waals surface area contributed by atoms with Crippen LogP contribution >= 0.6 is 0 Å². The largest absolute Gasteiger partial charge is 0.487 e. The Bertz CT molecular complexity index is 467. The van der Waals surface area contributed by atoms with Gasteiger partial charge in [-0.1, -0.05) is 0 Å². The normalized spacial score (nSPS) is 19.7. The summed E-state index contributed by atoms with van der Waals surface area (Å²) in [6.45, 7) is 1.59. The number of nitrogens with zero attached hydrogens (tertiary/aromatic N) is 1. The van der Waals surface area contributed by atoms with Gasteiger partial charge in [0, 0.05) is 12.1 Å². The van der Waals surface area contributed by atoms with Crippen LogP contribution in [0, 0.1) is 5.82 Å². The maximum Gasteiger partial charge on any atom is 0.165 e. The van der Waals surface area contributed by atoms with Crippen molar-refractivity contribution in [3.63, 3.8) is 0 Å². The van der Waals surface area contributed by atoms with Crippen LogP contribution in [0.2, 0.25) is 0 Å². The summed E-state index contributed by atoms with van der Waals surface area (Å²) in [4.78, 5) is 4.28. The number of hydrogen-bond donors (Lipinski definition) is 1. The number of nitrogens with one attached hydrogen (secondary N) is 1. The van der Waals surface area contributed by atoms with Gasteiger partial charge in [-0.15, -0.1) is 0 Å². The molecule has 18 heavy (non-hydrogen) atoms. The summed E-state index contributed by atoms with van der Waals surface area (Å²) in [7, 11) is 0. The molecule has 0 amide bonds. The quantitative estimate of drug-likeness (QED) is 0.891. The van der Waals surface area contributed by atoms with E-state index in [1.165, 1.54) is 18.9 Å². The first kappa shape index (κ1) is 11.5. The molecule has 0 radical (unpaired) electrons. The van der Waals surface area contributed by atoms with E-state index in [2.05, 4.69) is 10.3 Å². The van der Waals surface area contributed by atoms with E-state index in [4.69, 9.17) is 4.74 Å². The van der Waals surface area contributed by atoms with Crippen molar-refractivity contribution in [2.24, 2.45) is 4.99 Å². The summed E-state index contributed by atoms with van der Waals surface area (Å²) in [6.07, 6.45) is 4.63. The summed E-state index contributed by atoms with van der Waals surface area (Å²) in [6, 6.07) is 5.08. The molecule has 1 fully saturated rings. The van der Waals surface area contributed by atoms with Crippen molar-refractivity contribution in [2.75, 3.05) is 13.1 Å². The van der Waals surface area contributed by atoms with Crippen LogP contribution in [0.4, 0.5) is 4.39 Å². The first-order valence-electron chi connectivity index (χ1n) is 6.58. The summed E-state index contributed by atoms with van der Waals surface area (Å²) in [5.41, 5.74) is 0.795. The van der Waals surface area contributed by atoms with Crippen LogP contribution in [-0.4, -0.2) is 25.0 Å². The fourth-order valence-corrected chi connectivity index (χ4v) is 2.52. The van der Waals surface area contributed by atoms with Crippen LogP contribution in [0.5, 0.6) is 5.75 Å². The first-order chi connectivity index (χ1) is 8.83. The van der Waals surface area contributed by atoms with Crippen molar-refractivity contribution in [3.8, 4) is 5.75 Å². The summed E-state index contributed by atoms with van der Waals surface area (Å²) in [5, 5.41) is 3.14. The topological polar surface area (TPSA) is 33.6 Å². The van der Waals surface area contributed by atoms with Gasteiger partial charge in [-0.3, -0.25) is 4.99 Å². The lowest BCUT2D eigenvalue weighted by Gasteiger charge is -2.14. The van der Waals surface area contributed by atoms with Crippen molar-refractivity contribution in [1.29, 1.82) is 0 Å². The van der Waals surface area contributed by atoms with Crippen molar-refractivity contribution in [2.45, 2.75) is 31.8 Å². The molecule has 2 aliphatic rings. The maximum atomic E-state index is 13.9. The molecule has 3 rings (SSSR count). The van der Waals surface area contributed by atoms with Gasteiger partial charge in [0.05, 0.1) is 12.6 Å². The fraction of sp³-hybridized carbons (Fsp3) is 0.500. The van der Waals surface area contributed by atoms with Crippen molar-refractivity contribution in [3.05, 3.63) is 29.6 Å². The van der Waals surface area contributed by atoms with E-state index in [9.17, 15) is 4.39 Å². The van der Waals surface area contributed by atoms with Gasteiger partial charge < -0.3 is 10.1 Å². The highest BCUT2D eigenvalue weighted by molar-refractivity contribution is 5.99. The molecule has 1 aromatic rings. The van der Waals surface area contributed by atoms with E-state index in [0.717, 1.165) is 37.3 Å². The molecular formula is C14H17FN2O. The van der Waals surface area contributed by atoms with Crippen molar-refractivity contribution >= 4 is 5.84 Å². The van der Waals surface area contributed by atoms with Gasteiger partial charge in [-0.05, 0) is 43.9 Å². The van der Waals surface area contributed by atoms with Crippen LogP contribution in [0.15, 0.2) is 23.2 Å². The third kappa shape index (κ3) is 2.33. The Morgan fingerprint density at radius 2 is 2.11 bits per heavy atom. The molecule has 96 valence electrons. The van der Waals surface area contributed by atoms with Gasteiger partial charge >= 0.3 is 0 Å². The smallest absolute Gasteiger partial charge is 0.165 e. The summed E-state index contributed by atoms with van der Waals surface area (Å²) in [5.74, 6) is 0.848. The zero-order chi connectivity index (χ0) is 12.4. The van der Waals surface area contributed by atoms with Crippen LogP contribution in [0.1, 0.15) is 31.2 Å².